The van der Waals surface area contributed by atoms with Crippen molar-refractivity contribution in [3.05, 3.63) is 35.2 Å². The molecule has 0 saturated carbocycles. The lowest BCUT2D eigenvalue weighted by atomic mass is 9.82. The van der Waals surface area contributed by atoms with Crippen molar-refractivity contribution in [1.29, 1.82) is 0 Å². The molecule has 1 aromatic rings. The molecule has 2 atom stereocenters. The second kappa shape index (κ2) is 7.98. The number of aromatic nitrogens is 1. The lowest BCUT2D eigenvalue weighted by molar-refractivity contribution is -0.723. The summed E-state index contributed by atoms with van der Waals surface area (Å²) in [5, 5.41) is 0. The maximum atomic E-state index is 12.6. The fourth-order valence-electron chi connectivity index (χ4n) is 3.19. The predicted octanol–water partition coefficient (Wildman–Crippen LogP) is -0.101. The van der Waals surface area contributed by atoms with E-state index >= 15 is 0 Å². The van der Waals surface area contributed by atoms with Gasteiger partial charge in [0, 0.05) is 19.1 Å². The first-order valence-corrected chi connectivity index (χ1v) is 7.91. The third-order valence-corrected chi connectivity index (χ3v) is 4.35. The zero-order valence-corrected chi connectivity index (χ0v) is 15.6. The smallest absolute Gasteiger partial charge is 0.376 e. The number of esters is 4. The Labute approximate surface area is 155 Å². The number of nitrogens with zero attached hydrogens (tertiary/aromatic N) is 1. The highest BCUT2D eigenvalue weighted by Crippen LogP contribution is 2.36. The molecule has 144 valence electrons. The molecule has 1 aliphatic rings. The van der Waals surface area contributed by atoms with Gasteiger partial charge in [-0.2, -0.15) is 4.57 Å². The van der Waals surface area contributed by atoms with Crippen LogP contribution < -0.4 is 4.57 Å². The molecule has 0 spiro atoms. The number of hydrogen-bond acceptors (Lipinski definition) is 8. The van der Waals surface area contributed by atoms with Gasteiger partial charge < -0.3 is 18.9 Å². The van der Waals surface area contributed by atoms with Gasteiger partial charge in [-0.25, -0.2) is 14.4 Å². The summed E-state index contributed by atoms with van der Waals surface area (Å²) in [5.41, 5.74) is 0.278. The Hall–Kier alpha value is -3.23. The van der Waals surface area contributed by atoms with E-state index in [0.29, 0.717) is 5.69 Å². The van der Waals surface area contributed by atoms with Gasteiger partial charge in [0.1, 0.15) is 5.57 Å². The molecule has 0 N–H and O–H groups in total. The van der Waals surface area contributed by atoms with Crippen molar-refractivity contribution in [3.63, 3.8) is 0 Å². The zero-order chi connectivity index (χ0) is 20.3. The van der Waals surface area contributed by atoms with E-state index in [1.807, 2.05) is 0 Å². The van der Waals surface area contributed by atoms with Crippen LogP contribution in [0.4, 0.5) is 0 Å². The Kier molecular flexibility index (Phi) is 5.94. The van der Waals surface area contributed by atoms with Crippen LogP contribution in [0.2, 0.25) is 0 Å². The lowest BCUT2D eigenvalue weighted by Crippen LogP contribution is -2.58. The molecule has 0 fully saturated rings. The summed E-state index contributed by atoms with van der Waals surface area (Å²) in [7, 11) is 4.52. The van der Waals surface area contributed by atoms with E-state index in [9.17, 15) is 19.2 Å². The number of hydrogen-bond donors (Lipinski definition) is 0. The Bertz CT molecular complexity index is 842. The molecule has 0 saturated heterocycles. The number of methoxy groups -OCH3 is 4. The normalized spacial score (nSPS) is 18.3. The van der Waals surface area contributed by atoms with E-state index in [0.717, 1.165) is 28.4 Å². The molecule has 27 heavy (non-hydrogen) atoms. The molecule has 0 aromatic carbocycles. The molecule has 2 unspecified atom stereocenters. The first kappa shape index (κ1) is 20.1. The number of fused-ring (bicyclic) bond motifs is 1. The van der Waals surface area contributed by atoms with Crippen LogP contribution in [-0.4, -0.2) is 52.3 Å². The Morgan fingerprint density at radius 1 is 0.852 bits per heavy atom. The third-order valence-electron chi connectivity index (χ3n) is 4.35. The number of pyridine rings is 1. The van der Waals surface area contributed by atoms with Crippen LogP contribution >= 0.6 is 0 Å². The van der Waals surface area contributed by atoms with Gasteiger partial charge in [-0.3, -0.25) is 4.79 Å². The largest absolute Gasteiger partial charge is 0.468 e. The molecular weight excluding hydrogens is 358 g/mol. The van der Waals surface area contributed by atoms with E-state index in [-0.39, 0.29) is 16.8 Å². The molecule has 9 heteroatoms. The van der Waals surface area contributed by atoms with E-state index in [2.05, 4.69) is 0 Å². The predicted molar refractivity (Wildman–Crippen MR) is 88.9 cm³/mol. The number of rotatable bonds is 4. The van der Waals surface area contributed by atoms with Gasteiger partial charge in [0.15, 0.2) is 11.6 Å². The van der Waals surface area contributed by atoms with Crippen molar-refractivity contribution in [2.24, 2.45) is 5.92 Å². The average molecular weight is 378 g/mol. The second-order valence-corrected chi connectivity index (χ2v) is 5.66. The minimum Gasteiger partial charge on any atom is -0.468 e. The molecule has 0 radical (unpaired) electrons. The van der Waals surface area contributed by atoms with E-state index in [1.165, 1.54) is 10.6 Å². The van der Waals surface area contributed by atoms with Gasteiger partial charge in [-0.1, -0.05) is 0 Å². The van der Waals surface area contributed by atoms with E-state index < -0.39 is 35.8 Å². The second-order valence-electron chi connectivity index (χ2n) is 5.66. The summed E-state index contributed by atoms with van der Waals surface area (Å²) >= 11 is 0. The maximum Gasteiger partial charge on any atom is 0.376 e. The van der Waals surface area contributed by atoms with Gasteiger partial charge in [-0.05, 0) is 6.07 Å². The topological polar surface area (TPSA) is 109 Å². The number of carbonyl (C=O) groups is 4. The standard InChI is InChI=1S/C18H20NO8/c1-9-7-6-8-10-11(15(20)24-2)12(16(21)25-3)13(17(22)26-4)14(19(9)10)18(23)27-5/h6-8,13-14H,1-5H3/q+1. The number of aryl methyl sites for hydroxylation is 1. The van der Waals surface area contributed by atoms with Crippen LogP contribution in [0, 0.1) is 12.8 Å². The molecule has 0 bridgehead atoms. The molecule has 0 aliphatic carbocycles. The maximum absolute atomic E-state index is 12.6. The summed E-state index contributed by atoms with van der Waals surface area (Å²) in [5.74, 6) is -4.94. The van der Waals surface area contributed by atoms with E-state index in [1.54, 1.807) is 19.1 Å². The first-order chi connectivity index (χ1) is 12.8. The number of ether oxygens (including phenoxy) is 4. The van der Waals surface area contributed by atoms with Crippen molar-refractivity contribution < 1.29 is 42.7 Å². The molecule has 2 heterocycles. The quantitative estimate of drug-likeness (QED) is 0.406. The Morgan fingerprint density at radius 2 is 1.44 bits per heavy atom. The molecular formula is C18H20NO8+. The highest BCUT2D eigenvalue weighted by atomic mass is 16.5. The average Bonchev–Trinajstić information content (AvgIpc) is 2.69. The Balaban J connectivity index is 3.00. The van der Waals surface area contributed by atoms with Crippen LogP contribution in [0.25, 0.3) is 5.57 Å². The highest BCUT2D eigenvalue weighted by molar-refractivity contribution is 6.23. The first-order valence-electron chi connectivity index (χ1n) is 7.91. The molecule has 1 aromatic heterocycles. The van der Waals surface area contributed by atoms with Crippen molar-refractivity contribution in [2.75, 3.05) is 28.4 Å². The van der Waals surface area contributed by atoms with E-state index in [4.69, 9.17) is 18.9 Å². The number of carbonyl (C=O) groups excluding carboxylic acids is 4. The summed E-state index contributed by atoms with van der Waals surface area (Å²) in [6, 6.07) is 3.60. The van der Waals surface area contributed by atoms with Crippen molar-refractivity contribution in [1.82, 2.24) is 0 Å². The van der Waals surface area contributed by atoms with Crippen molar-refractivity contribution >= 4 is 29.5 Å². The van der Waals surface area contributed by atoms with Crippen LogP contribution in [-0.2, 0) is 38.1 Å². The summed E-state index contributed by atoms with van der Waals surface area (Å²) in [6.45, 7) is 1.69. The Morgan fingerprint density at radius 3 is 1.96 bits per heavy atom. The summed E-state index contributed by atoms with van der Waals surface area (Å²) in [6.07, 6.45) is 0. The fourth-order valence-corrected chi connectivity index (χ4v) is 3.19. The van der Waals surface area contributed by atoms with Crippen molar-refractivity contribution in [2.45, 2.75) is 13.0 Å². The van der Waals surface area contributed by atoms with Gasteiger partial charge in [-0.15, -0.1) is 0 Å². The monoisotopic (exact) mass is 378 g/mol. The van der Waals surface area contributed by atoms with Crippen LogP contribution in [0.3, 0.4) is 0 Å². The molecule has 1 aliphatic heterocycles. The molecule has 2 rings (SSSR count). The lowest BCUT2D eigenvalue weighted by Gasteiger charge is -2.28. The van der Waals surface area contributed by atoms with Crippen molar-refractivity contribution in [3.8, 4) is 0 Å². The van der Waals surface area contributed by atoms with Gasteiger partial charge >= 0.3 is 23.9 Å². The van der Waals surface area contributed by atoms with Crippen LogP contribution in [0.1, 0.15) is 17.4 Å². The fraction of sp³-hybridized carbons (Fsp3) is 0.389. The minimum absolute atomic E-state index is 0.177. The summed E-state index contributed by atoms with van der Waals surface area (Å²) in [4.78, 5) is 50.2. The zero-order valence-electron chi connectivity index (χ0n) is 15.6. The van der Waals surface area contributed by atoms with Crippen LogP contribution in [0.5, 0.6) is 0 Å². The minimum atomic E-state index is -1.46. The van der Waals surface area contributed by atoms with Gasteiger partial charge in [0.2, 0.25) is 5.69 Å². The van der Waals surface area contributed by atoms with Crippen LogP contribution in [0.15, 0.2) is 23.8 Å². The molecule has 0 amide bonds. The highest BCUT2D eigenvalue weighted by Gasteiger charge is 2.55. The molecule has 9 nitrogen and oxygen atoms in total. The SMILES string of the molecule is COC(=O)C1=C(C(=O)OC)C(C(=O)OC)C(C(=O)OC)[n+]2c(C)cccc21. The third kappa shape index (κ3) is 3.27. The summed E-state index contributed by atoms with van der Waals surface area (Å²) < 4.78 is 20.7. The van der Waals surface area contributed by atoms with Gasteiger partial charge in [0.05, 0.1) is 34.0 Å². The van der Waals surface area contributed by atoms with Gasteiger partial charge in [0.25, 0.3) is 6.04 Å².